The minimum Gasteiger partial charge on any atom is -0.465 e. The van der Waals surface area contributed by atoms with E-state index in [2.05, 4.69) is 19.9 Å². The Balaban J connectivity index is 2.33. The summed E-state index contributed by atoms with van der Waals surface area (Å²) in [6.45, 7) is 9.16. The van der Waals surface area contributed by atoms with E-state index in [-0.39, 0.29) is 23.7 Å². The van der Waals surface area contributed by atoms with Gasteiger partial charge in [0, 0.05) is 29.9 Å². The molecule has 30 heavy (non-hydrogen) atoms. The number of carbonyl (C=O) groups excluding carboxylic acids is 2. The van der Waals surface area contributed by atoms with Crippen molar-refractivity contribution >= 4 is 23.2 Å². The maximum Gasteiger partial charge on any atom is 0.206 e. The fourth-order valence-corrected chi connectivity index (χ4v) is 3.95. The number of carbonyl (C=O) groups is 2. The van der Waals surface area contributed by atoms with E-state index in [4.69, 9.17) is 16.3 Å². The lowest BCUT2D eigenvalue weighted by molar-refractivity contribution is -0.137. The summed E-state index contributed by atoms with van der Waals surface area (Å²) >= 11 is 6.30. The molecule has 0 amide bonds. The van der Waals surface area contributed by atoms with Gasteiger partial charge in [-0.3, -0.25) is 9.59 Å². The van der Waals surface area contributed by atoms with Gasteiger partial charge in [-0.1, -0.05) is 49.6 Å². The molecule has 4 atom stereocenters. The standard InChI is InChI=1S/C24H31ClO5/c1-6-14(2)9-15(3)7-8-18-12-19-20(13-30-18)21(11-17(27)10-16(4)26)24(5,29)23(28)22(19)25/h7-9,12-14,16,21,26,29H,6,10-11H2,1-5H3/b8-7+,15-9+/t14-,16+,21-,24-/m0/s1. The fraction of sp³-hybridized carbons (Fsp3) is 0.500. The van der Waals surface area contributed by atoms with Crippen LogP contribution in [0.3, 0.4) is 0 Å². The number of allylic oxidation sites excluding steroid dienone is 6. The fourth-order valence-electron chi connectivity index (χ4n) is 3.59. The largest absolute Gasteiger partial charge is 0.465 e. The van der Waals surface area contributed by atoms with Gasteiger partial charge >= 0.3 is 0 Å². The molecule has 0 bridgehead atoms. The van der Waals surface area contributed by atoms with E-state index in [1.54, 1.807) is 12.2 Å². The Morgan fingerprint density at radius 1 is 1.40 bits per heavy atom. The second-order valence-corrected chi connectivity index (χ2v) is 8.80. The predicted molar refractivity (Wildman–Crippen MR) is 118 cm³/mol. The van der Waals surface area contributed by atoms with Crippen LogP contribution in [0.2, 0.25) is 0 Å². The van der Waals surface area contributed by atoms with Crippen LogP contribution in [0.1, 0.15) is 53.9 Å². The highest BCUT2D eigenvalue weighted by Crippen LogP contribution is 2.44. The molecule has 0 spiro atoms. The molecule has 0 saturated carbocycles. The van der Waals surface area contributed by atoms with E-state index in [9.17, 15) is 19.8 Å². The van der Waals surface area contributed by atoms with Crippen molar-refractivity contribution in [3.8, 4) is 0 Å². The van der Waals surface area contributed by atoms with E-state index in [0.29, 0.717) is 22.8 Å². The number of rotatable bonds is 8. The molecule has 0 saturated heterocycles. The van der Waals surface area contributed by atoms with E-state index in [1.807, 2.05) is 13.0 Å². The molecule has 0 aromatic heterocycles. The zero-order chi connectivity index (χ0) is 22.6. The van der Waals surface area contributed by atoms with Gasteiger partial charge in [0.15, 0.2) is 0 Å². The van der Waals surface area contributed by atoms with Crippen LogP contribution in [-0.4, -0.2) is 33.5 Å². The smallest absolute Gasteiger partial charge is 0.206 e. The minimum absolute atomic E-state index is 0.0483. The molecule has 0 radical (unpaired) electrons. The molecule has 0 fully saturated rings. The normalized spacial score (nSPS) is 26.7. The maximum absolute atomic E-state index is 12.7. The summed E-state index contributed by atoms with van der Waals surface area (Å²) in [4.78, 5) is 25.0. The van der Waals surface area contributed by atoms with Gasteiger partial charge in [-0.05, 0) is 38.8 Å². The summed E-state index contributed by atoms with van der Waals surface area (Å²) < 4.78 is 5.71. The Morgan fingerprint density at radius 2 is 2.07 bits per heavy atom. The third-order valence-corrected chi connectivity index (χ3v) is 5.90. The quantitative estimate of drug-likeness (QED) is 0.549. The Morgan fingerprint density at radius 3 is 2.67 bits per heavy atom. The minimum atomic E-state index is -1.83. The Labute approximate surface area is 183 Å². The number of hydrogen-bond donors (Lipinski definition) is 2. The van der Waals surface area contributed by atoms with Crippen LogP contribution < -0.4 is 0 Å². The molecule has 1 aliphatic heterocycles. The van der Waals surface area contributed by atoms with E-state index < -0.39 is 23.4 Å². The van der Waals surface area contributed by atoms with Gasteiger partial charge in [-0.25, -0.2) is 0 Å². The third-order valence-electron chi connectivity index (χ3n) is 5.53. The average molecular weight is 435 g/mol. The predicted octanol–water partition coefficient (Wildman–Crippen LogP) is 4.51. The van der Waals surface area contributed by atoms with Crippen molar-refractivity contribution < 1.29 is 24.5 Å². The molecule has 1 aliphatic carbocycles. The van der Waals surface area contributed by atoms with Crippen molar-refractivity contribution in [1.82, 2.24) is 0 Å². The topological polar surface area (TPSA) is 83.8 Å². The van der Waals surface area contributed by atoms with Gasteiger partial charge in [-0.2, -0.15) is 0 Å². The van der Waals surface area contributed by atoms with Crippen LogP contribution in [0.25, 0.3) is 0 Å². The molecule has 2 N–H and O–H groups in total. The molecular weight excluding hydrogens is 404 g/mol. The lowest BCUT2D eigenvalue weighted by atomic mass is 9.70. The molecule has 2 rings (SSSR count). The SMILES string of the molecule is CC[C@H](C)/C=C(C)/C=C/C1=CC2=C(Cl)C(=O)[C@@](C)(O)[C@@H](CC(=O)C[C@@H](C)O)C2=CO1. The van der Waals surface area contributed by atoms with Gasteiger partial charge in [-0.15, -0.1) is 0 Å². The summed E-state index contributed by atoms with van der Waals surface area (Å²) in [5.41, 5.74) is 0.221. The van der Waals surface area contributed by atoms with Crippen molar-refractivity contribution in [1.29, 1.82) is 0 Å². The van der Waals surface area contributed by atoms with E-state index in [0.717, 1.165) is 12.0 Å². The number of halogens is 1. The summed E-state index contributed by atoms with van der Waals surface area (Å²) in [5, 5.41) is 20.2. The second-order valence-electron chi connectivity index (χ2n) is 8.42. The van der Waals surface area contributed by atoms with Crippen molar-refractivity contribution in [3.05, 3.63) is 58.1 Å². The number of aliphatic hydroxyl groups is 2. The lowest BCUT2D eigenvalue weighted by Gasteiger charge is -2.38. The monoisotopic (exact) mass is 434 g/mol. The Hall–Kier alpha value is -1.95. The summed E-state index contributed by atoms with van der Waals surface area (Å²) in [6, 6.07) is 0. The average Bonchev–Trinajstić information content (AvgIpc) is 2.67. The highest BCUT2D eigenvalue weighted by atomic mass is 35.5. The number of ketones is 2. The Kier molecular flexibility index (Phi) is 8.03. The highest BCUT2D eigenvalue weighted by Gasteiger charge is 2.49. The van der Waals surface area contributed by atoms with Crippen LogP contribution in [0.5, 0.6) is 0 Å². The highest BCUT2D eigenvalue weighted by molar-refractivity contribution is 6.45. The van der Waals surface area contributed by atoms with Crippen LogP contribution in [-0.2, 0) is 14.3 Å². The molecule has 2 aliphatic rings. The van der Waals surface area contributed by atoms with Crippen LogP contribution in [0.15, 0.2) is 58.1 Å². The van der Waals surface area contributed by atoms with E-state index in [1.165, 1.54) is 20.1 Å². The van der Waals surface area contributed by atoms with Crippen molar-refractivity contribution in [2.45, 2.75) is 65.6 Å². The first-order chi connectivity index (χ1) is 14.0. The first kappa shape index (κ1) is 24.3. The summed E-state index contributed by atoms with van der Waals surface area (Å²) in [7, 11) is 0. The van der Waals surface area contributed by atoms with Gasteiger partial charge in [0.05, 0.1) is 17.4 Å². The molecule has 5 nitrogen and oxygen atoms in total. The van der Waals surface area contributed by atoms with Gasteiger partial charge in [0.1, 0.15) is 17.1 Å². The molecule has 0 aromatic rings. The zero-order valence-corrected chi connectivity index (χ0v) is 19.0. The number of fused-ring (bicyclic) bond motifs is 1. The zero-order valence-electron chi connectivity index (χ0n) is 18.2. The third kappa shape index (κ3) is 5.60. The number of ether oxygens (including phenoxy) is 1. The van der Waals surface area contributed by atoms with Crippen molar-refractivity contribution in [2.24, 2.45) is 11.8 Å². The maximum atomic E-state index is 12.7. The second kappa shape index (κ2) is 9.90. The number of hydrogen-bond acceptors (Lipinski definition) is 5. The molecule has 0 unspecified atom stereocenters. The first-order valence-corrected chi connectivity index (χ1v) is 10.7. The summed E-state index contributed by atoms with van der Waals surface area (Å²) in [5.74, 6) is -0.699. The van der Waals surface area contributed by atoms with Crippen LogP contribution >= 0.6 is 11.6 Å². The molecule has 164 valence electrons. The van der Waals surface area contributed by atoms with Gasteiger partial charge in [0.25, 0.3) is 0 Å². The molecule has 1 heterocycles. The first-order valence-electron chi connectivity index (χ1n) is 10.3. The molecular formula is C24H31ClO5. The van der Waals surface area contributed by atoms with Crippen LogP contribution in [0.4, 0.5) is 0 Å². The van der Waals surface area contributed by atoms with Crippen molar-refractivity contribution in [3.63, 3.8) is 0 Å². The number of aliphatic hydroxyl groups excluding tert-OH is 1. The van der Waals surface area contributed by atoms with Crippen LogP contribution in [0, 0.1) is 11.8 Å². The summed E-state index contributed by atoms with van der Waals surface area (Å²) in [6.07, 6.45) is 9.11. The van der Waals surface area contributed by atoms with Gasteiger partial charge < -0.3 is 14.9 Å². The molecule has 6 heteroatoms. The number of Topliss-reactive ketones (excluding diaryl/α,β-unsaturated/α-hetero) is 2. The lowest BCUT2D eigenvalue weighted by Crippen LogP contribution is -2.48. The Bertz CT molecular complexity index is 855. The van der Waals surface area contributed by atoms with Crippen molar-refractivity contribution in [2.75, 3.05) is 0 Å². The molecule has 0 aromatic carbocycles. The van der Waals surface area contributed by atoms with E-state index >= 15 is 0 Å². The van der Waals surface area contributed by atoms with Gasteiger partial charge in [0.2, 0.25) is 5.78 Å².